The molecule has 3 rings (SSSR count). The summed E-state index contributed by atoms with van der Waals surface area (Å²) in [5, 5.41) is 8.23. The van der Waals surface area contributed by atoms with E-state index in [0.29, 0.717) is 12.1 Å². The van der Waals surface area contributed by atoms with E-state index in [4.69, 9.17) is 9.47 Å². The van der Waals surface area contributed by atoms with E-state index in [1.807, 2.05) is 11.8 Å². The third-order valence-corrected chi connectivity index (χ3v) is 5.88. The molecule has 0 bridgehead atoms. The maximum Gasteiger partial charge on any atom is 0.306 e. The maximum atomic E-state index is 12.6. The van der Waals surface area contributed by atoms with E-state index in [2.05, 4.69) is 29.1 Å². The first kappa shape index (κ1) is 22.3. The van der Waals surface area contributed by atoms with Crippen LogP contribution in [0.5, 0.6) is 0 Å². The largest absolute Gasteiger partial charge is 0.452 e. The lowest BCUT2D eigenvalue weighted by atomic mass is 9.99. The standard InChI is InChI=1S/C22H32N4O4/c1-4-21(27)29-13-7-8-18-15-26(24-23-18)16(2)14-19-9-10-20(30-19)17(3)22(28)25-11-5-6-12-25/h15-17,19-20H,4-6,9-14H2,1-3H3/t16-,17-,19+,20-/m1/s1. The lowest BCUT2D eigenvalue weighted by Crippen LogP contribution is -2.38. The van der Waals surface area contributed by atoms with Gasteiger partial charge in [-0.1, -0.05) is 25.0 Å². The number of amides is 1. The van der Waals surface area contributed by atoms with Gasteiger partial charge in [-0.2, -0.15) is 0 Å². The summed E-state index contributed by atoms with van der Waals surface area (Å²) in [7, 11) is 0. The summed E-state index contributed by atoms with van der Waals surface area (Å²) < 4.78 is 12.9. The molecule has 8 heteroatoms. The number of likely N-dealkylation sites (tertiary alicyclic amines) is 1. The molecule has 8 nitrogen and oxygen atoms in total. The van der Waals surface area contributed by atoms with Crippen LogP contribution in [0.3, 0.4) is 0 Å². The molecule has 164 valence electrons. The van der Waals surface area contributed by atoms with Gasteiger partial charge in [0.15, 0.2) is 12.3 Å². The average Bonchev–Trinajstić information content (AvgIpc) is 3.51. The zero-order valence-electron chi connectivity index (χ0n) is 18.2. The van der Waals surface area contributed by atoms with Gasteiger partial charge in [-0.3, -0.25) is 9.59 Å². The Bertz CT molecular complexity index is 791. The van der Waals surface area contributed by atoms with Crippen molar-refractivity contribution in [1.82, 2.24) is 19.9 Å². The number of aromatic nitrogens is 3. The molecule has 30 heavy (non-hydrogen) atoms. The van der Waals surface area contributed by atoms with Crippen molar-refractivity contribution in [1.29, 1.82) is 0 Å². The molecule has 2 fully saturated rings. The van der Waals surface area contributed by atoms with Crippen molar-refractivity contribution in [3.8, 4) is 11.8 Å². The van der Waals surface area contributed by atoms with Gasteiger partial charge in [0.2, 0.25) is 5.91 Å². The van der Waals surface area contributed by atoms with Crippen LogP contribution in [-0.2, 0) is 19.1 Å². The van der Waals surface area contributed by atoms with Crippen LogP contribution in [0.4, 0.5) is 0 Å². The topological polar surface area (TPSA) is 86.5 Å². The highest BCUT2D eigenvalue weighted by Crippen LogP contribution is 2.31. The fraction of sp³-hybridized carbons (Fsp3) is 0.727. The van der Waals surface area contributed by atoms with E-state index < -0.39 is 0 Å². The Labute approximate surface area is 178 Å². The third kappa shape index (κ3) is 5.82. The number of esters is 1. The normalized spacial score (nSPS) is 23.0. The molecule has 1 amide bonds. The number of carbonyl (C=O) groups excluding carboxylic acids is 2. The molecule has 2 saturated heterocycles. The van der Waals surface area contributed by atoms with Crippen LogP contribution in [0, 0.1) is 17.8 Å². The van der Waals surface area contributed by atoms with Crippen molar-refractivity contribution in [2.24, 2.45) is 5.92 Å². The second-order valence-corrected chi connectivity index (χ2v) is 8.18. The number of hydrogen-bond donors (Lipinski definition) is 0. The van der Waals surface area contributed by atoms with Gasteiger partial charge in [0.1, 0.15) is 0 Å². The molecule has 0 saturated carbocycles. The Kier molecular flexibility index (Phi) is 7.86. The number of ether oxygens (including phenoxy) is 2. The molecular formula is C22H32N4O4. The first-order chi connectivity index (χ1) is 14.5. The quantitative estimate of drug-likeness (QED) is 0.501. The van der Waals surface area contributed by atoms with Crippen molar-refractivity contribution >= 4 is 11.9 Å². The average molecular weight is 417 g/mol. The zero-order valence-corrected chi connectivity index (χ0v) is 18.2. The van der Waals surface area contributed by atoms with E-state index in [-0.39, 0.29) is 42.7 Å². The molecule has 3 heterocycles. The first-order valence-electron chi connectivity index (χ1n) is 11.0. The lowest BCUT2D eigenvalue weighted by molar-refractivity contribution is -0.142. The zero-order chi connectivity index (χ0) is 21.5. The molecule has 0 aliphatic carbocycles. The highest BCUT2D eigenvalue weighted by Gasteiger charge is 2.36. The molecular weight excluding hydrogens is 384 g/mol. The molecule has 0 radical (unpaired) electrons. The van der Waals surface area contributed by atoms with E-state index in [0.717, 1.165) is 45.2 Å². The highest BCUT2D eigenvalue weighted by atomic mass is 16.5. The van der Waals surface area contributed by atoms with Crippen molar-refractivity contribution in [2.75, 3.05) is 19.7 Å². The Balaban J connectivity index is 1.45. The Hall–Kier alpha value is -2.40. The fourth-order valence-corrected chi connectivity index (χ4v) is 4.04. The van der Waals surface area contributed by atoms with Crippen LogP contribution in [-0.4, -0.2) is 63.7 Å². The monoisotopic (exact) mass is 416 g/mol. The number of nitrogens with zero attached hydrogens (tertiary/aromatic N) is 4. The highest BCUT2D eigenvalue weighted by molar-refractivity contribution is 5.79. The molecule has 1 aromatic heterocycles. The summed E-state index contributed by atoms with van der Waals surface area (Å²) in [5.41, 5.74) is 0.546. The molecule has 0 unspecified atom stereocenters. The predicted molar refractivity (Wildman–Crippen MR) is 110 cm³/mol. The summed E-state index contributed by atoms with van der Waals surface area (Å²) in [6.07, 6.45) is 7.15. The van der Waals surface area contributed by atoms with Gasteiger partial charge in [-0.15, -0.1) is 5.10 Å². The van der Waals surface area contributed by atoms with Crippen LogP contribution in [0.15, 0.2) is 6.20 Å². The molecule has 2 aliphatic rings. The number of rotatable bonds is 7. The molecule has 0 spiro atoms. The molecule has 1 aromatic rings. The number of carbonyl (C=O) groups is 2. The van der Waals surface area contributed by atoms with Crippen molar-refractivity contribution in [2.45, 2.75) is 77.5 Å². The first-order valence-corrected chi connectivity index (χ1v) is 11.0. The van der Waals surface area contributed by atoms with E-state index >= 15 is 0 Å². The van der Waals surface area contributed by atoms with Crippen LogP contribution in [0.2, 0.25) is 0 Å². The van der Waals surface area contributed by atoms with Crippen molar-refractivity contribution in [3.63, 3.8) is 0 Å². The van der Waals surface area contributed by atoms with Gasteiger partial charge in [0, 0.05) is 19.5 Å². The van der Waals surface area contributed by atoms with Gasteiger partial charge in [0.05, 0.1) is 30.4 Å². The maximum absolute atomic E-state index is 12.6. The van der Waals surface area contributed by atoms with Gasteiger partial charge >= 0.3 is 5.97 Å². The van der Waals surface area contributed by atoms with Gasteiger partial charge in [-0.25, -0.2) is 4.68 Å². The van der Waals surface area contributed by atoms with Crippen LogP contribution < -0.4 is 0 Å². The van der Waals surface area contributed by atoms with Crippen molar-refractivity contribution in [3.05, 3.63) is 11.9 Å². The fourth-order valence-electron chi connectivity index (χ4n) is 4.04. The minimum Gasteiger partial charge on any atom is -0.452 e. The summed E-state index contributed by atoms with van der Waals surface area (Å²) >= 11 is 0. The summed E-state index contributed by atoms with van der Waals surface area (Å²) in [6.45, 7) is 7.64. The van der Waals surface area contributed by atoms with Gasteiger partial charge in [-0.05, 0) is 44.9 Å². The minimum absolute atomic E-state index is 0.00157. The van der Waals surface area contributed by atoms with E-state index in [1.54, 1.807) is 17.8 Å². The second kappa shape index (κ2) is 10.6. The van der Waals surface area contributed by atoms with Gasteiger partial charge in [0.25, 0.3) is 0 Å². The molecule has 0 N–H and O–H groups in total. The van der Waals surface area contributed by atoms with Crippen LogP contribution >= 0.6 is 0 Å². The van der Waals surface area contributed by atoms with Gasteiger partial charge < -0.3 is 14.4 Å². The Morgan fingerprint density at radius 3 is 2.80 bits per heavy atom. The van der Waals surface area contributed by atoms with E-state index in [9.17, 15) is 9.59 Å². The lowest BCUT2D eigenvalue weighted by Gasteiger charge is -2.25. The molecule has 4 atom stereocenters. The second-order valence-electron chi connectivity index (χ2n) is 8.18. The van der Waals surface area contributed by atoms with Crippen LogP contribution in [0.1, 0.15) is 71.0 Å². The minimum atomic E-state index is -0.270. The summed E-state index contributed by atoms with van der Waals surface area (Å²) in [5.74, 6) is 5.51. The Morgan fingerprint density at radius 1 is 1.30 bits per heavy atom. The predicted octanol–water partition coefficient (Wildman–Crippen LogP) is 2.34. The SMILES string of the molecule is CCC(=O)OCC#Cc1cn([C@H](C)C[C@@H]2CC[C@H]([C@@H](C)C(=O)N3CCCC3)O2)nn1. The van der Waals surface area contributed by atoms with E-state index in [1.165, 1.54) is 0 Å². The summed E-state index contributed by atoms with van der Waals surface area (Å²) in [4.78, 5) is 25.7. The third-order valence-electron chi connectivity index (χ3n) is 5.88. The summed E-state index contributed by atoms with van der Waals surface area (Å²) in [6, 6.07) is 0.110. The Morgan fingerprint density at radius 2 is 2.07 bits per heavy atom. The van der Waals surface area contributed by atoms with Crippen molar-refractivity contribution < 1.29 is 19.1 Å². The molecule has 0 aromatic carbocycles. The number of hydrogen-bond acceptors (Lipinski definition) is 6. The molecule has 2 aliphatic heterocycles. The smallest absolute Gasteiger partial charge is 0.306 e. The van der Waals surface area contributed by atoms with Crippen LogP contribution in [0.25, 0.3) is 0 Å².